The third-order valence-electron chi connectivity index (χ3n) is 6.74. The number of fused-ring (bicyclic) bond motifs is 1. The number of amides is 1. The predicted octanol–water partition coefficient (Wildman–Crippen LogP) is 10.2. The Morgan fingerprint density at radius 3 is 2.30 bits per heavy atom. The first kappa shape index (κ1) is 29.1. The van der Waals surface area contributed by atoms with Gasteiger partial charge in [-0.25, -0.2) is 4.99 Å². The second-order valence-electron chi connectivity index (χ2n) is 9.56. The molecule has 1 fully saturated rings. The molecule has 1 amide bonds. The van der Waals surface area contributed by atoms with E-state index in [1.807, 2.05) is 24.3 Å². The Hall–Kier alpha value is -3.94. The number of halogens is 3. The zero-order valence-electron chi connectivity index (χ0n) is 22.8. The molecule has 5 nitrogen and oxygen atoms in total. The predicted molar refractivity (Wildman–Crippen MR) is 179 cm³/mol. The van der Waals surface area contributed by atoms with Crippen LogP contribution in [0.5, 0.6) is 11.5 Å². The molecule has 0 atom stereocenters. The first-order valence-electron chi connectivity index (χ1n) is 13.2. The van der Waals surface area contributed by atoms with E-state index in [0.717, 1.165) is 16.3 Å². The van der Waals surface area contributed by atoms with Crippen LogP contribution in [0, 0.1) is 0 Å². The number of methoxy groups -OCH3 is 1. The van der Waals surface area contributed by atoms with E-state index in [-0.39, 0.29) is 5.91 Å². The maximum absolute atomic E-state index is 13.7. The van der Waals surface area contributed by atoms with Crippen LogP contribution in [0.2, 0.25) is 15.1 Å². The van der Waals surface area contributed by atoms with E-state index in [9.17, 15) is 4.79 Å². The topological polar surface area (TPSA) is 51.1 Å². The summed E-state index contributed by atoms with van der Waals surface area (Å²) in [5, 5.41) is 4.28. The molecule has 1 aliphatic rings. The average molecular weight is 646 g/mol. The van der Waals surface area contributed by atoms with Crippen molar-refractivity contribution in [3.63, 3.8) is 0 Å². The molecule has 1 heterocycles. The van der Waals surface area contributed by atoms with Gasteiger partial charge in [0.05, 0.1) is 28.4 Å². The lowest BCUT2D eigenvalue weighted by Gasteiger charge is -2.16. The van der Waals surface area contributed by atoms with Crippen molar-refractivity contribution in [1.82, 2.24) is 0 Å². The SMILES string of the molecule is COc1cc(/C=C2\SC(=Nc3ccc(Cl)cc3)N(c3ccc(Cl)cc3)C2=O)cc(Cl)c1OCc1cccc2ccccc12. The summed E-state index contributed by atoms with van der Waals surface area (Å²) in [6.07, 6.45) is 1.77. The number of amidine groups is 1. The zero-order chi connectivity index (χ0) is 29.9. The summed E-state index contributed by atoms with van der Waals surface area (Å²) in [7, 11) is 1.56. The molecule has 0 unspecified atom stereocenters. The first-order chi connectivity index (χ1) is 20.9. The number of rotatable bonds is 7. The van der Waals surface area contributed by atoms with Gasteiger partial charge < -0.3 is 9.47 Å². The Labute approximate surface area is 268 Å². The van der Waals surface area contributed by atoms with Gasteiger partial charge in [-0.15, -0.1) is 0 Å². The number of nitrogens with zero attached hydrogens (tertiary/aromatic N) is 2. The number of anilines is 1. The Bertz CT molecular complexity index is 1890. The molecule has 214 valence electrons. The fourth-order valence-electron chi connectivity index (χ4n) is 4.68. The largest absolute Gasteiger partial charge is 0.493 e. The lowest BCUT2D eigenvalue weighted by Crippen LogP contribution is -2.28. The van der Waals surface area contributed by atoms with Crippen LogP contribution < -0.4 is 14.4 Å². The highest BCUT2D eigenvalue weighted by atomic mass is 35.5. The molecule has 0 aromatic heterocycles. The second kappa shape index (κ2) is 12.7. The Morgan fingerprint density at radius 2 is 1.56 bits per heavy atom. The van der Waals surface area contributed by atoms with Crippen molar-refractivity contribution in [3.05, 3.63) is 134 Å². The molecular weight excluding hydrogens is 623 g/mol. The number of hydrogen-bond donors (Lipinski definition) is 0. The Kier molecular flexibility index (Phi) is 8.63. The summed E-state index contributed by atoms with van der Waals surface area (Å²) in [5.41, 5.74) is 3.02. The summed E-state index contributed by atoms with van der Waals surface area (Å²) < 4.78 is 11.8. The fraction of sp³-hybridized carbons (Fsp3) is 0.0588. The number of hydrogen-bond acceptors (Lipinski definition) is 5. The van der Waals surface area contributed by atoms with Gasteiger partial charge >= 0.3 is 0 Å². The molecule has 6 rings (SSSR count). The summed E-state index contributed by atoms with van der Waals surface area (Å²) in [4.78, 5) is 20.5. The molecule has 1 aliphatic heterocycles. The molecule has 0 N–H and O–H groups in total. The van der Waals surface area contributed by atoms with Crippen LogP contribution in [0.25, 0.3) is 16.8 Å². The van der Waals surface area contributed by atoms with Gasteiger partial charge in [0.2, 0.25) is 0 Å². The Morgan fingerprint density at radius 1 is 0.860 bits per heavy atom. The number of benzene rings is 5. The van der Waals surface area contributed by atoms with Crippen molar-refractivity contribution in [1.29, 1.82) is 0 Å². The number of thioether (sulfide) groups is 1. The van der Waals surface area contributed by atoms with Gasteiger partial charge in [-0.1, -0.05) is 77.3 Å². The van der Waals surface area contributed by atoms with Crippen LogP contribution in [0.3, 0.4) is 0 Å². The third-order valence-corrected chi connectivity index (χ3v) is 8.50. The van der Waals surface area contributed by atoms with Gasteiger partial charge in [-0.2, -0.15) is 0 Å². The molecule has 0 bridgehead atoms. The maximum Gasteiger partial charge on any atom is 0.271 e. The van der Waals surface area contributed by atoms with Crippen molar-refractivity contribution in [2.45, 2.75) is 6.61 Å². The number of aliphatic imine (C=N–C) groups is 1. The lowest BCUT2D eigenvalue weighted by atomic mass is 10.1. The van der Waals surface area contributed by atoms with Gasteiger partial charge in [0.1, 0.15) is 6.61 Å². The van der Waals surface area contributed by atoms with E-state index in [1.165, 1.54) is 11.8 Å². The van der Waals surface area contributed by atoms with Crippen molar-refractivity contribution in [3.8, 4) is 11.5 Å². The average Bonchev–Trinajstić information content (AvgIpc) is 3.31. The quantitative estimate of drug-likeness (QED) is 0.165. The van der Waals surface area contributed by atoms with E-state index in [4.69, 9.17) is 49.3 Å². The van der Waals surface area contributed by atoms with E-state index in [2.05, 4.69) is 18.2 Å². The second-order valence-corrected chi connectivity index (χ2v) is 11.8. The monoisotopic (exact) mass is 644 g/mol. The molecule has 0 radical (unpaired) electrons. The molecule has 9 heteroatoms. The Balaban J connectivity index is 1.31. The van der Waals surface area contributed by atoms with Crippen molar-refractivity contribution in [2.24, 2.45) is 4.99 Å². The third kappa shape index (κ3) is 6.38. The van der Waals surface area contributed by atoms with Crippen molar-refractivity contribution in [2.75, 3.05) is 12.0 Å². The molecule has 1 saturated heterocycles. The highest BCUT2D eigenvalue weighted by molar-refractivity contribution is 8.19. The molecule has 43 heavy (non-hydrogen) atoms. The van der Waals surface area contributed by atoms with Gasteiger partial charge in [0.25, 0.3) is 5.91 Å². The van der Waals surface area contributed by atoms with Gasteiger partial charge in [-0.3, -0.25) is 9.69 Å². The molecule has 0 aliphatic carbocycles. The lowest BCUT2D eigenvalue weighted by molar-refractivity contribution is -0.113. The number of carbonyl (C=O) groups is 1. The maximum atomic E-state index is 13.7. The van der Waals surface area contributed by atoms with Crippen molar-refractivity contribution >= 4 is 85.9 Å². The van der Waals surface area contributed by atoms with Crippen LogP contribution in [-0.4, -0.2) is 18.2 Å². The van der Waals surface area contributed by atoms with E-state index >= 15 is 0 Å². The smallest absolute Gasteiger partial charge is 0.271 e. The number of ether oxygens (including phenoxy) is 2. The van der Waals surface area contributed by atoms with Gasteiger partial charge in [-0.05, 0) is 100 Å². The summed E-state index contributed by atoms with van der Waals surface area (Å²) in [6, 6.07) is 31.9. The normalized spacial score (nSPS) is 15.1. The summed E-state index contributed by atoms with van der Waals surface area (Å²) in [6.45, 7) is 0.312. The van der Waals surface area contributed by atoms with Gasteiger partial charge in [0, 0.05) is 10.0 Å². The van der Waals surface area contributed by atoms with Crippen LogP contribution in [-0.2, 0) is 11.4 Å². The fourth-order valence-corrected chi connectivity index (χ4v) is 6.20. The van der Waals surface area contributed by atoms with E-state index in [0.29, 0.717) is 60.2 Å². The molecular formula is C34H23Cl3N2O3S. The first-order valence-corrected chi connectivity index (χ1v) is 15.2. The van der Waals surface area contributed by atoms with E-state index in [1.54, 1.807) is 78.7 Å². The minimum Gasteiger partial charge on any atom is -0.493 e. The minimum atomic E-state index is -0.230. The minimum absolute atomic E-state index is 0.230. The van der Waals surface area contributed by atoms with Gasteiger partial charge in [0.15, 0.2) is 16.7 Å². The van der Waals surface area contributed by atoms with Crippen LogP contribution in [0.15, 0.2) is 113 Å². The summed E-state index contributed by atoms with van der Waals surface area (Å²) in [5.74, 6) is 0.656. The summed E-state index contributed by atoms with van der Waals surface area (Å²) >= 11 is 20.2. The molecule has 0 spiro atoms. The van der Waals surface area contributed by atoms with Crippen LogP contribution >= 0.6 is 46.6 Å². The van der Waals surface area contributed by atoms with E-state index < -0.39 is 0 Å². The highest BCUT2D eigenvalue weighted by Crippen LogP contribution is 2.41. The standard InChI is InChI=1S/C34H23Cl3N2O3S/c1-41-30-18-21(17-29(37)32(30)42-20-23-7-4-6-22-5-2-3-8-28(22)23)19-31-33(40)39(27-15-11-25(36)12-16-27)34(43-31)38-26-13-9-24(35)10-14-26/h2-19H,20H2,1H3/b31-19-,38-34?. The number of carbonyl (C=O) groups excluding carboxylic acids is 1. The highest BCUT2D eigenvalue weighted by Gasteiger charge is 2.35. The zero-order valence-corrected chi connectivity index (χ0v) is 25.8. The molecule has 5 aromatic carbocycles. The molecule has 0 saturated carbocycles. The van der Waals surface area contributed by atoms with Crippen molar-refractivity contribution < 1.29 is 14.3 Å². The van der Waals surface area contributed by atoms with Crippen LogP contribution in [0.4, 0.5) is 11.4 Å². The molecule has 5 aromatic rings. The van der Waals surface area contributed by atoms with Crippen LogP contribution in [0.1, 0.15) is 11.1 Å².